The van der Waals surface area contributed by atoms with Gasteiger partial charge in [0.25, 0.3) is 0 Å². The third-order valence-corrected chi connectivity index (χ3v) is 3.78. The van der Waals surface area contributed by atoms with Crippen molar-refractivity contribution in [2.75, 3.05) is 18.0 Å². The zero-order chi connectivity index (χ0) is 15.2. The zero-order valence-corrected chi connectivity index (χ0v) is 14.0. The van der Waals surface area contributed by atoms with Gasteiger partial charge in [-0.05, 0) is 37.6 Å². The van der Waals surface area contributed by atoms with Crippen molar-refractivity contribution in [3.8, 4) is 0 Å². The minimum Gasteiger partial charge on any atom is -0.352 e. The second-order valence-electron chi connectivity index (χ2n) is 7.00. The molecule has 0 spiro atoms. The minimum absolute atomic E-state index is 0.665. The predicted molar refractivity (Wildman–Crippen MR) is 88.4 cm³/mol. The summed E-state index contributed by atoms with van der Waals surface area (Å²) in [5.41, 5.74) is 1.03. The maximum Gasteiger partial charge on any atom is 0.147 e. The highest BCUT2D eigenvalue weighted by Crippen LogP contribution is 2.30. The van der Waals surface area contributed by atoms with Crippen LogP contribution in [-0.2, 0) is 6.54 Å². The van der Waals surface area contributed by atoms with Gasteiger partial charge < -0.3 is 10.2 Å². The molecule has 0 radical (unpaired) electrons. The number of nitrogens with zero attached hydrogens (tertiary/aromatic N) is 3. The molecule has 118 valence electrons. The molecule has 1 aromatic heterocycles. The Hall–Kier alpha value is -1.16. The summed E-state index contributed by atoms with van der Waals surface area (Å²) in [6.07, 6.45) is 7.70. The maximum absolute atomic E-state index is 4.64. The van der Waals surface area contributed by atoms with Crippen LogP contribution in [0.2, 0.25) is 0 Å². The van der Waals surface area contributed by atoms with Crippen molar-refractivity contribution in [2.24, 2.45) is 11.8 Å². The Morgan fingerprint density at radius 3 is 2.43 bits per heavy atom. The Balaban J connectivity index is 1.89. The van der Waals surface area contributed by atoms with Gasteiger partial charge in [-0.15, -0.1) is 0 Å². The van der Waals surface area contributed by atoms with Gasteiger partial charge in [-0.25, -0.2) is 4.98 Å². The Morgan fingerprint density at radius 2 is 1.90 bits per heavy atom. The second-order valence-corrected chi connectivity index (χ2v) is 7.00. The van der Waals surface area contributed by atoms with E-state index in [0.29, 0.717) is 12.0 Å². The molecular formula is C17H30N4. The highest BCUT2D eigenvalue weighted by atomic mass is 15.2. The number of anilines is 1. The summed E-state index contributed by atoms with van der Waals surface area (Å²) in [7, 11) is 0. The normalized spacial score (nSPS) is 15.0. The number of hydrogen-bond donors (Lipinski definition) is 1. The lowest BCUT2D eigenvalue weighted by Crippen LogP contribution is -2.29. The Bertz CT molecular complexity index is 409. The molecule has 0 aliphatic heterocycles. The second kappa shape index (κ2) is 7.74. The van der Waals surface area contributed by atoms with E-state index in [0.717, 1.165) is 37.1 Å². The fourth-order valence-corrected chi connectivity index (χ4v) is 2.34. The zero-order valence-electron chi connectivity index (χ0n) is 14.0. The topological polar surface area (TPSA) is 41.1 Å². The van der Waals surface area contributed by atoms with Crippen LogP contribution in [0.15, 0.2) is 12.4 Å². The number of nitrogens with one attached hydrogen (secondary N) is 1. The number of hydrogen-bond acceptors (Lipinski definition) is 4. The standard InChI is InChI=1S/C17H30N4/c1-13(2)7-8-21(16-5-6-16)17-12-19-15(11-20-17)10-18-9-14(3)4/h11-14,16,18H,5-10H2,1-4H3. The van der Waals surface area contributed by atoms with Gasteiger partial charge in [0.2, 0.25) is 0 Å². The summed E-state index contributed by atoms with van der Waals surface area (Å²) >= 11 is 0. The lowest BCUT2D eigenvalue weighted by Gasteiger charge is -2.24. The van der Waals surface area contributed by atoms with Gasteiger partial charge in [0, 0.05) is 19.1 Å². The van der Waals surface area contributed by atoms with Gasteiger partial charge in [0.05, 0.1) is 18.1 Å². The fraction of sp³-hybridized carbons (Fsp3) is 0.765. The SMILES string of the molecule is CC(C)CCN(c1cnc(CNCC(C)C)cn1)C1CC1. The molecule has 0 atom stereocenters. The van der Waals surface area contributed by atoms with Crippen molar-refractivity contribution >= 4 is 5.82 Å². The Labute approximate surface area is 129 Å². The van der Waals surface area contributed by atoms with Crippen molar-refractivity contribution in [3.63, 3.8) is 0 Å². The first-order valence-corrected chi connectivity index (χ1v) is 8.34. The summed E-state index contributed by atoms with van der Waals surface area (Å²) in [5.74, 6) is 2.45. The van der Waals surface area contributed by atoms with Crippen molar-refractivity contribution in [3.05, 3.63) is 18.1 Å². The summed E-state index contributed by atoms with van der Waals surface area (Å²) in [6, 6.07) is 0.697. The molecule has 0 bridgehead atoms. The van der Waals surface area contributed by atoms with E-state index >= 15 is 0 Å². The molecule has 4 nitrogen and oxygen atoms in total. The van der Waals surface area contributed by atoms with Gasteiger partial charge in [-0.1, -0.05) is 27.7 Å². The number of aromatic nitrogens is 2. The molecule has 1 fully saturated rings. The molecule has 0 unspecified atom stereocenters. The summed E-state index contributed by atoms with van der Waals surface area (Å²) in [4.78, 5) is 11.6. The van der Waals surface area contributed by atoms with E-state index in [2.05, 4.69) is 47.9 Å². The van der Waals surface area contributed by atoms with Gasteiger partial charge in [-0.3, -0.25) is 4.98 Å². The highest BCUT2D eigenvalue weighted by Gasteiger charge is 2.29. The van der Waals surface area contributed by atoms with Crippen LogP contribution in [0.3, 0.4) is 0 Å². The van der Waals surface area contributed by atoms with E-state index < -0.39 is 0 Å². The summed E-state index contributed by atoms with van der Waals surface area (Å²) in [6.45, 7) is 11.9. The average Bonchev–Trinajstić information content (AvgIpc) is 3.24. The lowest BCUT2D eigenvalue weighted by atomic mass is 10.1. The van der Waals surface area contributed by atoms with Crippen LogP contribution >= 0.6 is 0 Å². The fourth-order valence-electron chi connectivity index (χ4n) is 2.34. The molecule has 2 rings (SSSR count). The van der Waals surface area contributed by atoms with Crippen LogP contribution < -0.4 is 10.2 Å². The highest BCUT2D eigenvalue weighted by molar-refractivity contribution is 5.39. The van der Waals surface area contributed by atoms with Crippen LogP contribution in [-0.4, -0.2) is 29.1 Å². The van der Waals surface area contributed by atoms with Crippen LogP contribution in [0.25, 0.3) is 0 Å². The van der Waals surface area contributed by atoms with Crippen LogP contribution in [0, 0.1) is 11.8 Å². The van der Waals surface area contributed by atoms with Crippen molar-refractivity contribution in [1.29, 1.82) is 0 Å². The van der Waals surface area contributed by atoms with E-state index in [1.165, 1.54) is 19.3 Å². The van der Waals surface area contributed by atoms with Crippen molar-refractivity contribution in [2.45, 2.75) is 59.5 Å². The molecule has 1 aliphatic carbocycles. The molecule has 1 aliphatic rings. The van der Waals surface area contributed by atoms with Crippen molar-refractivity contribution < 1.29 is 0 Å². The molecule has 0 saturated heterocycles. The van der Waals surface area contributed by atoms with Crippen molar-refractivity contribution in [1.82, 2.24) is 15.3 Å². The van der Waals surface area contributed by atoms with E-state index in [1.807, 2.05) is 12.4 Å². The molecule has 21 heavy (non-hydrogen) atoms. The van der Waals surface area contributed by atoms with Gasteiger partial charge in [0.1, 0.15) is 5.82 Å². The molecule has 0 aromatic carbocycles. The molecule has 1 N–H and O–H groups in total. The van der Waals surface area contributed by atoms with Gasteiger partial charge in [0.15, 0.2) is 0 Å². The van der Waals surface area contributed by atoms with E-state index in [4.69, 9.17) is 0 Å². The monoisotopic (exact) mass is 290 g/mol. The summed E-state index contributed by atoms with van der Waals surface area (Å²) < 4.78 is 0. The predicted octanol–water partition coefficient (Wildman–Crippen LogP) is 3.24. The third-order valence-electron chi connectivity index (χ3n) is 3.78. The van der Waals surface area contributed by atoms with Gasteiger partial charge in [-0.2, -0.15) is 0 Å². The first-order valence-electron chi connectivity index (χ1n) is 8.34. The van der Waals surface area contributed by atoms with E-state index in [9.17, 15) is 0 Å². The molecule has 1 aromatic rings. The van der Waals surface area contributed by atoms with Crippen LogP contribution in [0.4, 0.5) is 5.82 Å². The molecule has 0 amide bonds. The van der Waals surface area contributed by atoms with E-state index in [-0.39, 0.29) is 0 Å². The molecule has 1 saturated carbocycles. The van der Waals surface area contributed by atoms with E-state index in [1.54, 1.807) is 0 Å². The Kier molecular flexibility index (Phi) is 5.97. The quantitative estimate of drug-likeness (QED) is 0.758. The smallest absolute Gasteiger partial charge is 0.147 e. The average molecular weight is 290 g/mol. The third kappa shape index (κ3) is 5.62. The Morgan fingerprint density at radius 1 is 1.14 bits per heavy atom. The van der Waals surface area contributed by atoms with Crippen LogP contribution in [0.1, 0.15) is 52.7 Å². The molecule has 4 heteroatoms. The minimum atomic E-state index is 0.665. The lowest BCUT2D eigenvalue weighted by molar-refractivity contribution is 0.546. The maximum atomic E-state index is 4.64. The largest absolute Gasteiger partial charge is 0.352 e. The van der Waals surface area contributed by atoms with Gasteiger partial charge >= 0.3 is 0 Å². The summed E-state index contributed by atoms with van der Waals surface area (Å²) in [5, 5.41) is 3.41. The molecular weight excluding hydrogens is 260 g/mol. The first-order chi connectivity index (χ1) is 10.1. The number of rotatable bonds is 9. The van der Waals surface area contributed by atoms with Crippen LogP contribution in [0.5, 0.6) is 0 Å². The first kappa shape index (κ1) is 16.2. The molecule has 1 heterocycles.